The van der Waals surface area contributed by atoms with Crippen LogP contribution in [0.3, 0.4) is 0 Å². The summed E-state index contributed by atoms with van der Waals surface area (Å²) in [5, 5.41) is 18.7. The molecule has 1 aromatic carbocycles. The lowest BCUT2D eigenvalue weighted by Gasteiger charge is -2.19. The number of benzene rings is 1. The van der Waals surface area contributed by atoms with Gasteiger partial charge in [0.15, 0.2) is 0 Å². The van der Waals surface area contributed by atoms with Gasteiger partial charge in [-0.1, -0.05) is 11.6 Å². The van der Waals surface area contributed by atoms with Gasteiger partial charge in [-0.25, -0.2) is 4.39 Å². The van der Waals surface area contributed by atoms with Crippen LogP contribution in [-0.2, 0) is 5.60 Å². The Hall–Kier alpha value is -0.800. The third kappa shape index (κ3) is 2.11. The van der Waals surface area contributed by atoms with Crippen molar-refractivity contribution in [2.45, 2.75) is 19.4 Å². The highest BCUT2D eigenvalue weighted by molar-refractivity contribution is 6.30. The highest BCUT2D eigenvalue weighted by Crippen LogP contribution is 2.32. The number of hydrogen-bond acceptors (Lipinski definition) is 2. The minimum Gasteiger partial charge on any atom is -0.507 e. The molecule has 0 saturated carbocycles. The molecule has 0 aliphatic rings. The van der Waals surface area contributed by atoms with Crippen LogP contribution in [-0.4, -0.2) is 10.2 Å². The van der Waals surface area contributed by atoms with Crippen LogP contribution in [0, 0.1) is 5.82 Å². The van der Waals surface area contributed by atoms with E-state index in [1.165, 1.54) is 19.9 Å². The highest BCUT2D eigenvalue weighted by atomic mass is 35.5. The van der Waals surface area contributed by atoms with Crippen molar-refractivity contribution in [1.29, 1.82) is 0 Å². The van der Waals surface area contributed by atoms with E-state index in [1.54, 1.807) is 0 Å². The Bertz CT molecular complexity index is 331. The summed E-state index contributed by atoms with van der Waals surface area (Å²) in [5.74, 6) is -0.999. The Morgan fingerprint density at radius 2 is 1.92 bits per heavy atom. The van der Waals surface area contributed by atoms with E-state index in [1.807, 2.05) is 0 Å². The third-order valence-corrected chi connectivity index (χ3v) is 1.99. The van der Waals surface area contributed by atoms with Gasteiger partial charge in [0.25, 0.3) is 0 Å². The van der Waals surface area contributed by atoms with E-state index in [2.05, 4.69) is 0 Å². The fraction of sp³-hybridized carbons (Fsp3) is 0.333. The van der Waals surface area contributed by atoms with E-state index in [9.17, 15) is 14.6 Å². The Labute approximate surface area is 80.6 Å². The molecule has 4 heteroatoms. The monoisotopic (exact) mass is 204 g/mol. The van der Waals surface area contributed by atoms with Gasteiger partial charge in [-0.2, -0.15) is 0 Å². The number of halogens is 2. The largest absolute Gasteiger partial charge is 0.507 e. The molecule has 0 heterocycles. The van der Waals surface area contributed by atoms with E-state index >= 15 is 0 Å². The van der Waals surface area contributed by atoms with Crippen LogP contribution in [0.5, 0.6) is 5.75 Å². The topological polar surface area (TPSA) is 40.5 Å². The zero-order chi connectivity index (χ0) is 10.2. The molecule has 2 N–H and O–H groups in total. The summed E-state index contributed by atoms with van der Waals surface area (Å²) in [6.45, 7) is 2.96. The highest BCUT2D eigenvalue weighted by Gasteiger charge is 2.21. The summed E-state index contributed by atoms with van der Waals surface area (Å²) in [5.41, 5.74) is -1.03. The number of phenolic OH excluding ortho intramolecular Hbond substituents is 1. The van der Waals surface area contributed by atoms with Crippen LogP contribution >= 0.6 is 11.6 Å². The second-order valence-electron chi connectivity index (χ2n) is 3.34. The second kappa shape index (κ2) is 3.16. The normalized spacial score (nSPS) is 11.8. The van der Waals surface area contributed by atoms with Crippen LogP contribution in [0.1, 0.15) is 19.4 Å². The SMILES string of the molecule is CC(C)(O)c1cc(Cl)c(F)cc1O. The molecule has 0 saturated heterocycles. The fourth-order valence-electron chi connectivity index (χ4n) is 1.03. The number of hydrogen-bond donors (Lipinski definition) is 2. The molecule has 1 rings (SSSR count). The fourth-order valence-corrected chi connectivity index (χ4v) is 1.19. The van der Waals surface area contributed by atoms with Gasteiger partial charge in [0.2, 0.25) is 0 Å². The van der Waals surface area contributed by atoms with Crippen LogP contribution in [0.25, 0.3) is 0 Å². The van der Waals surface area contributed by atoms with Gasteiger partial charge in [-0.15, -0.1) is 0 Å². The smallest absolute Gasteiger partial charge is 0.145 e. The van der Waals surface area contributed by atoms with Crippen LogP contribution in [0.4, 0.5) is 4.39 Å². The van der Waals surface area contributed by atoms with E-state index in [0.29, 0.717) is 0 Å². The lowest BCUT2D eigenvalue weighted by Crippen LogP contribution is -2.15. The first-order chi connectivity index (χ1) is 5.82. The predicted molar refractivity (Wildman–Crippen MR) is 48.3 cm³/mol. The Morgan fingerprint density at radius 3 is 2.38 bits per heavy atom. The van der Waals surface area contributed by atoms with Crippen molar-refractivity contribution in [1.82, 2.24) is 0 Å². The van der Waals surface area contributed by atoms with Gasteiger partial charge in [0.05, 0.1) is 10.6 Å². The second-order valence-corrected chi connectivity index (χ2v) is 3.75. The van der Waals surface area contributed by atoms with Gasteiger partial charge in [-0.3, -0.25) is 0 Å². The Balaban J connectivity index is 3.32. The molecular weight excluding hydrogens is 195 g/mol. The summed E-state index contributed by atoms with van der Waals surface area (Å²) in [6, 6.07) is 2.10. The molecule has 2 nitrogen and oxygen atoms in total. The first kappa shape index (κ1) is 10.3. The van der Waals surface area contributed by atoms with Gasteiger partial charge in [-0.05, 0) is 19.9 Å². The third-order valence-electron chi connectivity index (χ3n) is 1.70. The molecule has 0 aromatic heterocycles. The van der Waals surface area contributed by atoms with Crippen molar-refractivity contribution >= 4 is 11.6 Å². The van der Waals surface area contributed by atoms with Crippen LogP contribution < -0.4 is 0 Å². The van der Waals surface area contributed by atoms with Crippen LogP contribution in [0.2, 0.25) is 5.02 Å². The van der Waals surface area contributed by atoms with E-state index in [0.717, 1.165) is 6.07 Å². The molecular formula is C9H10ClFO2. The molecule has 0 unspecified atom stereocenters. The standard InChI is InChI=1S/C9H10ClFO2/c1-9(2,13)5-3-6(10)7(11)4-8(5)12/h3-4,12-13H,1-2H3. The van der Waals surface area contributed by atoms with E-state index in [4.69, 9.17) is 11.6 Å². The summed E-state index contributed by atoms with van der Waals surface area (Å²) in [7, 11) is 0. The molecule has 0 aliphatic heterocycles. The van der Waals surface area contributed by atoms with E-state index in [-0.39, 0.29) is 16.3 Å². The lowest BCUT2D eigenvalue weighted by atomic mass is 9.97. The average molecular weight is 205 g/mol. The molecule has 72 valence electrons. The van der Waals surface area contributed by atoms with Gasteiger partial charge in [0.1, 0.15) is 11.6 Å². The van der Waals surface area contributed by atoms with Gasteiger partial charge >= 0.3 is 0 Å². The van der Waals surface area contributed by atoms with E-state index < -0.39 is 11.4 Å². The van der Waals surface area contributed by atoms with Gasteiger partial charge < -0.3 is 10.2 Å². The number of aromatic hydroxyl groups is 1. The molecule has 0 radical (unpaired) electrons. The number of aliphatic hydroxyl groups is 1. The maximum absolute atomic E-state index is 12.8. The molecule has 0 bridgehead atoms. The molecule has 0 aliphatic carbocycles. The number of phenols is 1. The quantitative estimate of drug-likeness (QED) is 0.738. The molecule has 0 amide bonds. The lowest BCUT2D eigenvalue weighted by molar-refractivity contribution is 0.0757. The van der Waals surface area contributed by atoms with Crippen LogP contribution in [0.15, 0.2) is 12.1 Å². The summed E-state index contributed by atoms with van der Waals surface area (Å²) in [6.07, 6.45) is 0. The maximum Gasteiger partial charge on any atom is 0.145 e. The Kier molecular flexibility index (Phi) is 2.50. The van der Waals surface area contributed by atoms with Gasteiger partial charge in [0, 0.05) is 11.6 Å². The molecule has 13 heavy (non-hydrogen) atoms. The maximum atomic E-state index is 12.8. The molecule has 0 atom stereocenters. The van der Waals surface area contributed by atoms with Crippen molar-refractivity contribution in [2.75, 3.05) is 0 Å². The van der Waals surface area contributed by atoms with Crippen molar-refractivity contribution in [3.8, 4) is 5.75 Å². The minimum atomic E-state index is -1.23. The van der Waals surface area contributed by atoms with Crippen molar-refractivity contribution in [3.05, 3.63) is 28.5 Å². The molecule has 0 fully saturated rings. The van der Waals surface area contributed by atoms with Crippen molar-refractivity contribution in [3.63, 3.8) is 0 Å². The average Bonchev–Trinajstić information content (AvgIpc) is 1.94. The first-order valence-corrected chi connectivity index (χ1v) is 4.11. The zero-order valence-corrected chi connectivity index (χ0v) is 8.06. The zero-order valence-electron chi connectivity index (χ0n) is 7.31. The van der Waals surface area contributed by atoms with Crippen molar-refractivity contribution < 1.29 is 14.6 Å². The summed E-state index contributed by atoms with van der Waals surface area (Å²) >= 11 is 5.49. The van der Waals surface area contributed by atoms with Crippen molar-refractivity contribution in [2.24, 2.45) is 0 Å². The number of rotatable bonds is 1. The molecule has 1 aromatic rings. The summed E-state index contributed by atoms with van der Waals surface area (Å²) < 4.78 is 12.8. The predicted octanol–water partition coefficient (Wildman–Crippen LogP) is 2.41. The minimum absolute atomic E-state index is 0.116. The molecule has 0 spiro atoms. The summed E-state index contributed by atoms with van der Waals surface area (Å²) in [4.78, 5) is 0. The first-order valence-electron chi connectivity index (χ1n) is 3.73. The Morgan fingerprint density at radius 1 is 1.38 bits per heavy atom.